The van der Waals surface area contributed by atoms with Gasteiger partial charge in [-0.1, -0.05) is 50.1 Å². The standard InChI is InChI=1S/C14H22ClN/c1-4-8-12(5-2)16-11(3)13-9-6-7-10-14(13)15/h6-7,9-12,16H,4-5,8H2,1-3H3. The summed E-state index contributed by atoms with van der Waals surface area (Å²) in [5.74, 6) is 0. The summed E-state index contributed by atoms with van der Waals surface area (Å²) in [5.41, 5.74) is 1.19. The van der Waals surface area contributed by atoms with E-state index in [2.05, 4.69) is 32.2 Å². The van der Waals surface area contributed by atoms with E-state index in [0.29, 0.717) is 12.1 Å². The van der Waals surface area contributed by atoms with E-state index in [1.807, 2.05) is 18.2 Å². The highest BCUT2D eigenvalue weighted by molar-refractivity contribution is 6.31. The number of hydrogen-bond donors (Lipinski definition) is 1. The molecule has 0 saturated heterocycles. The molecule has 90 valence electrons. The van der Waals surface area contributed by atoms with Crippen molar-refractivity contribution in [3.63, 3.8) is 0 Å². The van der Waals surface area contributed by atoms with E-state index in [4.69, 9.17) is 11.6 Å². The molecule has 0 amide bonds. The van der Waals surface area contributed by atoms with E-state index in [0.717, 1.165) is 5.02 Å². The molecule has 0 bridgehead atoms. The van der Waals surface area contributed by atoms with Crippen LogP contribution in [0.2, 0.25) is 5.02 Å². The highest BCUT2D eigenvalue weighted by Gasteiger charge is 2.12. The number of benzene rings is 1. The van der Waals surface area contributed by atoms with Crippen molar-refractivity contribution < 1.29 is 0 Å². The number of halogens is 1. The second-order valence-electron chi connectivity index (χ2n) is 4.30. The minimum Gasteiger partial charge on any atom is -0.307 e. The minimum absolute atomic E-state index is 0.324. The molecular formula is C14H22ClN. The average Bonchev–Trinajstić information content (AvgIpc) is 2.28. The first kappa shape index (κ1) is 13.5. The van der Waals surface area contributed by atoms with Crippen LogP contribution in [0.1, 0.15) is 51.6 Å². The fourth-order valence-corrected chi connectivity index (χ4v) is 2.32. The van der Waals surface area contributed by atoms with E-state index >= 15 is 0 Å². The number of nitrogens with one attached hydrogen (secondary N) is 1. The van der Waals surface area contributed by atoms with Gasteiger partial charge in [0.25, 0.3) is 0 Å². The van der Waals surface area contributed by atoms with Crippen LogP contribution in [0.5, 0.6) is 0 Å². The molecule has 1 aromatic rings. The first-order valence-corrected chi connectivity index (χ1v) is 6.57. The summed E-state index contributed by atoms with van der Waals surface area (Å²) in [6, 6.07) is 8.98. The third-order valence-electron chi connectivity index (χ3n) is 2.99. The fourth-order valence-electron chi connectivity index (χ4n) is 2.02. The van der Waals surface area contributed by atoms with E-state index in [1.54, 1.807) is 0 Å². The summed E-state index contributed by atoms with van der Waals surface area (Å²) in [5, 5.41) is 4.50. The lowest BCUT2D eigenvalue weighted by Gasteiger charge is -2.22. The van der Waals surface area contributed by atoms with Crippen LogP contribution in [0.4, 0.5) is 0 Å². The predicted octanol–water partition coefficient (Wildman–Crippen LogP) is 4.57. The van der Waals surface area contributed by atoms with Crippen molar-refractivity contribution in [1.82, 2.24) is 5.32 Å². The van der Waals surface area contributed by atoms with Crippen molar-refractivity contribution in [3.05, 3.63) is 34.9 Å². The Morgan fingerprint density at radius 1 is 1.25 bits per heavy atom. The Bertz CT molecular complexity index is 311. The zero-order valence-corrected chi connectivity index (χ0v) is 11.2. The van der Waals surface area contributed by atoms with Gasteiger partial charge in [-0.3, -0.25) is 0 Å². The maximum Gasteiger partial charge on any atom is 0.0453 e. The van der Waals surface area contributed by atoms with Crippen molar-refractivity contribution >= 4 is 11.6 Å². The molecule has 1 aromatic carbocycles. The molecule has 2 atom stereocenters. The van der Waals surface area contributed by atoms with Crippen LogP contribution in [0.3, 0.4) is 0 Å². The Labute approximate surface area is 104 Å². The van der Waals surface area contributed by atoms with Gasteiger partial charge in [-0.05, 0) is 31.4 Å². The van der Waals surface area contributed by atoms with Gasteiger partial charge in [-0.2, -0.15) is 0 Å². The topological polar surface area (TPSA) is 12.0 Å². The van der Waals surface area contributed by atoms with Crippen molar-refractivity contribution in [3.8, 4) is 0 Å². The summed E-state index contributed by atoms with van der Waals surface area (Å²) in [6.45, 7) is 6.64. The molecule has 2 unspecified atom stereocenters. The van der Waals surface area contributed by atoms with Gasteiger partial charge in [0, 0.05) is 17.1 Å². The van der Waals surface area contributed by atoms with Gasteiger partial charge < -0.3 is 5.32 Å². The van der Waals surface area contributed by atoms with Crippen molar-refractivity contribution in [2.75, 3.05) is 0 Å². The van der Waals surface area contributed by atoms with Gasteiger partial charge in [0.05, 0.1) is 0 Å². The molecule has 0 aromatic heterocycles. The average molecular weight is 240 g/mol. The molecule has 1 rings (SSSR count). The minimum atomic E-state index is 0.324. The van der Waals surface area contributed by atoms with Crippen LogP contribution in [0.25, 0.3) is 0 Å². The number of rotatable bonds is 6. The lowest BCUT2D eigenvalue weighted by atomic mass is 10.0. The molecular weight excluding hydrogens is 218 g/mol. The molecule has 1 nitrogen and oxygen atoms in total. The lowest BCUT2D eigenvalue weighted by molar-refractivity contribution is 0.417. The van der Waals surface area contributed by atoms with Gasteiger partial charge in [0.1, 0.15) is 0 Å². The van der Waals surface area contributed by atoms with Gasteiger partial charge >= 0.3 is 0 Å². The summed E-state index contributed by atoms with van der Waals surface area (Å²) in [4.78, 5) is 0. The van der Waals surface area contributed by atoms with Crippen LogP contribution < -0.4 is 5.32 Å². The largest absolute Gasteiger partial charge is 0.307 e. The van der Waals surface area contributed by atoms with Gasteiger partial charge in [0.2, 0.25) is 0 Å². The smallest absolute Gasteiger partial charge is 0.0453 e. The summed E-state index contributed by atoms with van der Waals surface area (Å²) >= 11 is 6.18. The molecule has 0 fully saturated rings. The van der Waals surface area contributed by atoms with Crippen molar-refractivity contribution in [2.45, 2.75) is 52.1 Å². The first-order valence-electron chi connectivity index (χ1n) is 6.19. The Morgan fingerprint density at radius 3 is 2.50 bits per heavy atom. The summed E-state index contributed by atoms with van der Waals surface area (Å²) in [7, 11) is 0. The normalized spacial score (nSPS) is 14.8. The van der Waals surface area contributed by atoms with Crippen LogP contribution in [0.15, 0.2) is 24.3 Å². The zero-order valence-electron chi connectivity index (χ0n) is 10.5. The maximum absolute atomic E-state index is 6.18. The highest BCUT2D eigenvalue weighted by atomic mass is 35.5. The highest BCUT2D eigenvalue weighted by Crippen LogP contribution is 2.23. The molecule has 0 spiro atoms. The third kappa shape index (κ3) is 3.80. The summed E-state index contributed by atoms with van der Waals surface area (Å²) in [6.07, 6.45) is 3.62. The van der Waals surface area contributed by atoms with E-state index in [-0.39, 0.29) is 0 Å². The van der Waals surface area contributed by atoms with Crippen molar-refractivity contribution in [2.24, 2.45) is 0 Å². The third-order valence-corrected chi connectivity index (χ3v) is 3.33. The first-order chi connectivity index (χ1) is 7.69. The second-order valence-corrected chi connectivity index (χ2v) is 4.71. The Kier molecular flexibility index (Phi) is 5.86. The molecule has 0 aliphatic rings. The van der Waals surface area contributed by atoms with E-state index in [9.17, 15) is 0 Å². The predicted molar refractivity (Wildman–Crippen MR) is 72.0 cm³/mol. The molecule has 0 aliphatic heterocycles. The van der Waals surface area contributed by atoms with Crippen LogP contribution in [-0.4, -0.2) is 6.04 Å². The second kappa shape index (κ2) is 6.93. The quantitative estimate of drug-likeness (QED) is 0.767. The van der Waals surface area contributed by atoms with Gasteiger partial charge in [0.15, 0.2) is 0 Å². The van der Waals surface area contributed by atoms with Crippen molar-refractivity contribution in [1.29, 1.82) is 0 Å². The molecule has 2 heteroatoms. The molecule has 0 aliphatic carbocycles. The monoisotopic (exact) mass is 239 g/mol. The lowest BCUT2D eigenvalue weighted by Crippen LogP contribution is -2.30. The van der Waals surface area contributed by atoms with Crippen LogP contribution in [-0.2, 0) is 0 Å². The molecule has 16 heavy (non-hydrogen) atoms. The molecule has 0 heterocycles. The molecule has 0 radical (unpaired) electrons. The Balaban J connectivity index is 2.64. The van der Waals surface area contributed by atoms with E-state index < -0.39 is 0 Å². The Hall–Kier alpha value is -0.530. The molecule has 1 N–H and O–H groups in total. The van der Waals surface area contributed by atoms with Gasteiger partial charge in [-0.25, -0.2) is 0 Å². The number of hydrogen-bond acceptors (Lipinski definition) is 1. The SMILES string of the molecule is CCCC(CC)NC(C)c1ccccc1Cl. The van der Waals surface area contributed by atoms with Crippen LogP contribution in [0, 0.1) is 0 Å². The fraction of sp³-hybridized carbons (Fsp3) is 0.571. The zero-order chi connectivity index (χ0) is 12.0. The van der Waals surface area contributed by atoms with Gasteiger partial charge in [-0.15, -0.1) is 0 Å². The van der Waals surface area contributed by atoms with E-state index in [1.165, 1.54) is 24.8 Å². The maximum atomic E-state index is 6.18. The molecule has 0 saturated carbocycles. The van der Waals surface area contributed by atoms with Crippen LogP contribution >= 0.6 is 11.6 Å². The Morgan fingerprint density at radius 2 is 1.94 bits per heavy atom. The summed E-state index contributed by atoms with van der Waals surface area (Å²) < 4.78 is 0.